The molecule has 1 N–H and O–H groups in total. The van der Waals surface area contributed by atoms with E-state index in [1.165, 1.54) is 22.9 Å². The Balaban J connectivity index is 1.73. The van der Waals surface area contributed by atoms with Gasteiger partial charge in [0.15, 0.2) is 5.16 Å². The molecule has 0 bridgehead atoms. The zero-order valence-corrected chi connectivity index (χ0v) is 16.4. The number of anilines is 1. The van der Waals surface area contributed by atoms with Gasteiger partial charge in [-0.05, 0) is 49.2 Å². The maximum Gasteiger partial charge on any atom is 0.234 e. The van der Waals surface area contributed by atoms with Gasteiger partial charge in [-0.15, -0.1) is 0 Å². The number of aryl methyl sites for hydroxylation is 1. The Kier molecular flexibility index (Phi) is 5.84. The normalized spacial score (nSPS) is 10.4. The molecule has 1 heterocycles. The second-order valence-corrected chi connectivity index (χ2v) is 7.32. The Morgan fingerprint density at radius 1 is 1.33 bits per heavy atom. The summed E-state index contributed by atoms with van der Waals surface area (Å²) < 4.78 is 1.97. The average molecular weight is 397 g/mol. The third-order valence-electron chi connectivity index (χ3n) is 4.15. The first-order valence-corrected chi connectivity index (χ1v) is 9.58. The summed E-state index contributed by atoms with van der Waals surface area (Å²) in [6, 6.07) is 12.9. The maximum absolute atomic E-state index is 12.3. The summed E-state index contributed by atoms with van der Waals surface area (Å²) in [5.41, 5.74) is 4.18. The summed E-state index contributed by atoms with van der Waals surface area (Å²) in [5, 5.41) is 13.1. The summed E-state index contributed by atoms with van der Waals surface area (Å²) in [6.07, 6.45) is 3.60. The molecule has 3 rings (SSSR count). The Bertz CT molecular complexity index is 1040. The highest BCUT2D eigenvalue weighted by molar-refractivity contribution is 7.99. The van der Waals surface area contributed by atoms with E-state index in [9.17, 15) is 4.79 Å². The van der Waals surface area contributed by atoms with Crippen LogP contribution in [0.1, 0.15) is 16.7 Å². The number of nitriles is 1. The van der Waals surface area contributed by atoms with Crippen molar-refractivity contribution in [1.29, 1.82) is 5.26 Å². The Morgan fingerprint density at radius 2 is 2.15 bits per heavy atom. The van der Waals surface area contributed by atoms with Crippen molar-refractivity contribution in [3.05, 3.63) is 70.5 Å². The predicted octanol–water partition coefficient (Wildman–Crippen LogP) is 4.75. The van der Waals surface area contributed by atoms with Crippen LogP contribution in [0.15, 0.2) is 53.9 Å². The van der Waals surface area contributed by atoms with Crippen LogP contribution in [0.25, 0.3) is 5.69 Å². The van der Waals surface area contributed by atoms with E-state index in [1.54, 1.807) is 24.4 Å². The van der Waals surface area contributed by atoms with Crippen LogP contribution in [0.3, 0.4) is 0 Å². The van der Waals surface area contributed by atoms with Crippen molar-refractivity contribution in [2.75, 3.05) is 11.1 Å². The van der Waals surface area contributed by atoms with Gasteiger partial charge in [0.25, 0.3) is 0 Å². The molecule has 3 aromatic rings. The monoisotopic (exact) mass is 396 g/mol. The Hall–Kier alpha value is -2.75. The fourth-order valence-corrected chi connectivity index (χ4v) is 3.55. The molecule has 0 aliphatic heterocycles. The molecule has 7 heteroatoms. The molecule has 27 heavy (non-hydrogen) atoms. The molecule has 0 atom stereocenters. The van der Waals surface area contributed by atoms with Crippen LogP contribution in [0.4, 0.5) is 5.69 Å². The number of carbonyl (C=O) groups excluding carboxylic acids is 1. The van der Waals surface area contributed by atoms with Gasteiger partial charge in [0.1, 0.15) is 6.07 Å². The molecule has 0 spiro atoms. The summed E-state index contributed by atoms with van der Waals surface area (Å²) in [7, 11) is 0. The number of nitrogens with one attached hydrogen (secondary N) is 1. The number of nitrogens with zero attached hydrogens (tertiary/aromatic N) is 3. The largest absolute Gasteiger partial charge is 0.324 e. The van der Waals surface area contributed by atoms with Crippen LogP contribution < -0.4 is 5.32 Å². The van der Waals surface area contributed by atoms with E-state index in [-0.39, 0.29) is 11.7 Å². The number of thioether (sulfide) groups is 1. The van der Waals surface area contributed by atoms with Gasteiger partial charge in [-0.2, -0.15) is 5.26 Å². The molecule has 0 aliphatic carbocycles. The smallest absolute Gasteiger partial charge is 0.234 e. The number of rotatable bonds is 5. The molecule has 1 amide bonds. The van der Waals surface area contributed by atoms with E-state index in [0.29, 0.717) is 16.3 Å². The molecule has 0 fully saturated rings. The van der Waals surface area contributed by atoms with E-state index in [1.807, 2.05) is 29.0 Å². The topological polar surface area (TPSA) is 70.7 Å². The zero-order chi connectivity index (χ0) is 19.4. The number of hydrogen-bond donors (Lipinski definition) is 1. The number of aromatic nitrogens is 2. The van der Waals surface area contributed by atoms with Gasteiger partial charge < -0.3 is 5.32 Å². The van der Waals surface area contributed by atoms with Crippen molar-refractivity contribution < 1.29 is 4.79 Å². The Labute approximate surface area is 167 Å². The van der Waals surface area contributed by atoms with Crippen LogP contribution >= 0.6 is 23.4 Å². The van der Waals surface area contributed by atoms with Gasteiger partial charge in [0.2, 0.25) is 5.91 Å². The highest BCUT2D eigenvalue weighted by Gasteiger charge is 2.13. The molecule has 2 aromatic carbocycles. The second kappa shape index (κ2) is 8.30. The van der Waals surface area contributed by atoms with E-state index in [2.05, 4.69) is 30.2 Å². The van der Waals surface area contributed by atoms with Gasteiger partial charge >= 0.3 is 0 Å². The van der Waals surface area contributed by atoms with Gasteiger partial charge in [-0.1, -0.05) is 35.5 Å². The number of imidazole rings is 1. The summed E-state index contributed by atoms with van der Waals surface area (Å²) >= 11 is 7.28. The van der Waals surface area contributed by atoms with Crippen molar-refractivity contribution in [3.8, 4) is 11.8 Å². The number of halogens is 1. The third kappa shape index (κ3) is 4.33. The highest BCUT2D eigenvalue weighted by atomic mass is 35.5. The number of benzene rings is 2. The van der Waals surface area contributed by atoms with E-state index < -0.39 is 0 Å². The second-order valence-electron chi connectivity index (χ2n) is 5.94. The quantitative estimate of drug-likeness (QED) is 0.632. The molecular formula is C20H17ClN4OS. The van der Waals surface area contributed by atoms with Crippen molar-refractivity contribution in [1.82, 2.24) is 9.55 Å². The first-order valence-electron chi connectivity index (χ1n) is 8.22. The Morgan fingerprint density at radius 3 is 2.93 bits per heavy atom. The van der Waals surface area contributed by atoms with E-state index >= 15 is 0 Å². The minimum atomic E-state index is -0.228. The molecule has 0 saturated heterocycles. The standard InChI is InChI=1S/C20H17ClN4OS/c1-13-4-3-5-18(14(13)2)25-9-8-23-20(25)27-12-19(26)24-17-10-16(21)7-6-15(17)11-22/h3-10H,12H2,1-2H3,(H,24,26). The molecule has 136 valence electrons. The van der Waals surface area contributed by atoms with Crippen molar-refractivity contribution in [2.24, 2.45) is 0 Å². The minimum absolute atomic E-state index is 0.166. The first-order chi connectivity index (χ1) is 13.0. The van der Waals surface area contributed by atoms with Crippen molar-refractivity contribution >= 4 is 35.0 Å². The van der Waals surface area contributed by atoms with Crippen LogP contribution in [-0.2, 0) is 4.79 Å². The first kappa shape index (κ1) is 19.0. The summed E-state index contributed by atoms with van der Waals surface area (Å²) in [5.74, 6) is -0.0616. The lowest BCUT2D eigenvalue weighted by atomic mass is 10.1. The minimum Gasteiger partial charge on any atom is -0.324 e. The number of amides is 1. The maximum atomic E-state index is 12.3. The lowest BCUT2D eigenvalue weighted by molar-refractivity contribution is -0.113. The number of hydrogen-bond acceptors (Lipinski definition) is 4. The molecule has 0 radical (unpaired) electrons. The van der Waals surface area contributed by atoms with Gasteiger partial charge in [-0.25, -0.2) is 4.98 Å². The van der Waals surface area contributed by atoms with Crippen molar-refractivity contribution in [3.63, 3.8) is 0 Å². The zero-order valence-electron chi connectivity index (χ0n) is 14.9. The highest BCUT2D eigenvalue weighted by Crippen LogP contribution is 2.25. The summed E-state index contributed by atoms with van der Waals surface area (Å²) in [4.78, 5) is 16.7. The van der Waals surface area contributed by atoms with Crippen LogP contribution in [-0.4, -0.2) is 21.2 Å². The van der Waals surface area contributed by atoms with Gasteiger partial charge in [0.05, 0.1) is 22.7 Å². The fraction of sp³-hybridized carbons (Fsp3) is 0.150. The van der Waals surface area contributed by atoms with Gasteiger partial charge in [-0.3, -0.25) is 9.36 Å². The van der Waals surface area contributed by atoms with Crippen LogP contribution in [0.2, 0.25) is 5.02 Å². The van der Waals surface area contributed by atoms with Crippen LogP contribution in [0.5, 0.6) is 0 Å². The number of carbonyl (C=O) groups is 1. The molecule has 0 saturated carbocycles. The van der Waals surface area contributed by atoms with Gasteiger partial charge in [0, 0.05) is 17.4 Å². The predicted molar refractivity (Wildman–Crippen MR) is 109 cm³/mol. The van der Waals surface area contributed by atoms with Crippen LogP contribution in [0, 0.1) is 25.2 Å². The lowest BCUT2D eigenvalue weighted by Crippen LogP contribution is -2.15. The average Bonchev–Trinajstić information content (AvgIpc) is 3.11. The summed E-state index contributed by atoms with van der Waals surface area (Å²) in [6.45, 7) is 4.13. The fourth-order valence-electron chi connectivity index (χ4n) is 2.61. The molecule has 0 aliphatic rings. The van der Waals surface area contributed by atoms with Crippen molar-refractivity contribution in [2.45, 2.75) is 19.0 Å². The van der Waals surface area contributed by atoms with E-state index in [4.69, 9.17) is 16.9 Å². The lowest BCUT2D eigenvalue weighted by Gasteiger charge is -2.12. The molecule has 1 aromatic heterocycles. The molecule has 0 unspecified atom stereocenters. The molecule has 5 nitrogen and oxygen atoms in total. The van der Waals surface area contributed by atoms with E-state index in [0.717, 1.165) is 10.8 Å². The molecular weight excluding hydrogens is 380 g/mol. The SMILES string of the molecule is Cc1cccc(-n2ccnc2SCC(=O)Nc2cc(Cl)ccc2C#N)c1C. The third-order valence-corrected chi connectivity index (χ3v) is 5.35.